The van der Waals surface area contributed by atoms with Crippen molar-refractivity contribution in [2.24, 2.45) is 0 Å². The van der Waals surface area contributed by atoms with E-state index in [1.165, 1.54) is 16.7 Å². The Morgan fingerprint density at radius 2 is 2.25 bits per heavy atom. The Kier molecular flexibility index (Phi) is 2.49. The third-order valence-electron chi connectivity index (χ3n) is 3.75. The van der Waals surface area contributed by atoms with Gasteiger partial charge in [-0.3, -0.25) is 0 Å². The van der Waals surface area contributed by atoms with Crippen LogP contribution in [0, 0.1) is 0 Å². The lowest BCUT2D eigenvalue weighted by atomic mass is 9.92. The van der Waals surface area contributed by atoms with Gasteiger partial charge in [0.2, 0.25) is 0 Å². The van der Waals surface area contributed by atoms with Crippen molar-refractivity contribution in [1.29, 1.82) is 0 Å². The molecular weight excluding hydrogens is 198 g/mol. The Balaban J connectivity index is 2.06. The van der Waals surface area contributed by atoms with Gasteiger partial charge in [0.1, 0.15) is 0 Å². The van der Waals surface area contributed by atoms with Crippen molar-refractivity contribution < 1.29 is 4.74 Å². The zero-order valence-electron chi connectivity index (χ0n) is 9.99. The molecule has 1 aromatic carbocycles. The maximum atomic E-state index is 5.86. The molecule has 2 nitrogen and oxygen atoms in total. The monoisotopic (exact) mass is 217 g/mol. The Morgan fingerprint density at radius 3 is 3.06 bits per heavy atom. The second kappa shape index (κ2) is 3.86. The topological polar surface area (TPSA) is 21.3 Å². The van der Waals surface area contributed by atoms with Crippen LogP contribution in [0.15, 0.2) is 18.2 Å². The Bertz CT molecular complexity index is 400. The van der Waals surface area contributed by atoms with Gasteiger partial charge >= 0.3 is 0 Å². The first-order valence-corrected chi connectivity index (χ1v) is 6.24. The highest BCUT2D eigenvalue weighted by molar-refractivity contribution is 5.44. The molecule has 1 N–H and O–H groups in total. The summed E-state index contributed by atoms with van der Waals surface area (Å²) in [5.41, 5.74) is 4.49. The van der Waals surface area contributed by atoms with E-state index in [1.807, 2.05) is 0 Å². The first-order valence-electron chi connectivity index (χ1n) is 6.24. The molecule has 1 saturated heterocycles. The summed E-state index contributed by atoms with van der Waals surface area (Å²) in [7, 11) is 0. The molecule has 16 heavy (non-hydrogen) atoms. The quantitative estimate of drug-likeness (QED) is 0.780. The van der Waals surface area contributed by atoms with Crippen molar-refractivity contribution in [3.05, 3.63) is 34.9 Å². The fourth-order valence-electron chi connectivity index (χ4n) is 3.03. The smallest absolute Gasteiger partial charge is 0.0810 e. The number of hydrogen-bond acceptors (Lipinski definition) is 2. The molecule has 0 saturated carbocycles. The average molecular weight is 217 g/mol. The summed E-state index contributed by atoms with van der Waals surface area (Å²) in [6, 6.07) is 7.14. The van der Waals surface area contributed by atoms with Crippen LogP contribution in [0.2, 0.25) is 0 Å². The third-order valence-corrected chi connectivity index (χ3v) is 3.75. The highest BCUT2D eigenvalue weighted by Gasteiger charge is 2.36. The van der Waals surface area contributed by atoms with Crippen molar-refractivity contribution in [1.82, 2.24) is 5.32 Å². The fourth-order valence-corrected chi connectivity index (χ4v) is 3.03. The number of nitrogens with one attached hydrogen (secondary N) is 1. The summed E-state index contributed by atoms with van der Waals surface area (Å²) >= 11 is 0. The Labute approximate surface area is 97.0 Å². The summed E-state index contributed by atoms with van der Waals surface area (Å²) in [5.74, 6) is 0.595. The molecule has 2 heteroatoms. The Hall–Kier alpha value is -0.860. The van der Waals surface area contributed by atoms with Crippen LogP contribution in [0.5, 0.6) is 0 Å². The van der Waals surface area contributed by atoms with E-state index in [-0.39, 0.29) is 0 Å². The van der Waals surface area contributed by atoms with E-state index in [4.69, 9.17) is 4.74 Å². The van der Waals surface area contributed by atoms with Gasteiger partial charge in [0.05, 0.1) is 18.8 Å². The van der Waals surface area contributed by atoms with Crippen LogP contribution in [-0.4, -0.2) is 19.3 Å². The van der Waals surface area contributed by atoms with Crippen molar-refractivity contribution in [2.75, 3.05) is 13.2 Å². The van der Waals surface area contributed by atoms with Crippen LogP contribution >= 0.6 is 0 Å². The number of benzene rings is 1. The van der Waals surface area contributed by atoms with Gasteiger partial charge in [0.25, 0.3) is 0 Å². The fraction of sp³-hybridized carbons (Fsp3) is 0.571. The molecule has 1 fully saturated rings. The molecule has 1 aliphatic carbocycles. The molecule has 0 aromatic heterocycles. The van der Waals surface area contributed by atoms with Crippen LogP contribution in [0.4, 0.5) is 0 Å². The lowest BCUT2D eigenvalue weighted by Crippen LogP contribution is -2.39. The first-order chi connectivity index (χ1) is 7.77. The van der Waals surface area contributed by atoms with Crippen LogP contribution in [-0.2, 0) is 11.2 Å². The summed E-state index contributed by atoms with van der Waals surface area (Å²) < 4.78 is 5.86. The van der Waals surface area contributed by atoms with E-state index in [0.717, 1.165) is 19.6 Å². The molecule has 0 amide bonds. The van der Waals surface area contributed by atoms with Gasteiger partial charge in [0, 0.05) is 13.0 Å². The van der Waals surface area contributed by atoms with E-state index >= 15 is 0 Å². The first kappa shape index (κ1) is 10.3. The normalized spacial score (nSPS) is 27.9. The van der Waals surface area contributed by atoms with E-state index in [0.29, 0.717) is 18.1 Å². The van der Waals surface area contributed by atoms with Gasteiger partial charge in [-0.25, -0.2) is 0 Å². The third kappa shape index (κ3) is 1.48. The Morgan fingerprint density at radius 1 is 1.38 bits per heavy atom. The zero-order chi connectivity index (χ0) is 11.1. The number of morpholine rings is 1. The average Bonchev–Trinajstić information content (AvgIpc) is 2.66. The molecule has 1 heterocycles. The number of rotatable bonds is 1. The van der Waals surface area contributed by atoms with Crippen LogP contribution in [0.1, 0.15) is 42.5 Å². The molecule has 1 aromatic rings. The summed E-state index contributed by atoms with van der Waals surface area (Å²) in [5, 5.41) is 3.61. The van der Waals surface area contributed by atoms with Gasteiger partial charge in [-0.2, -0.15) is 0 Å². The summed E-state index contributed by atoms with van der Waals surface area (Å²) in [6.45, 7) is 6.37. The standard InChI is InChI=1S/C14H19NO/c1-9(2)11-5-3-4-10-8-12-14(13(10)11)15-6-7-16-12/h3-5,9,12,14-15H,6-8H2,1-2H3. The molecule has 86 valence electrons. The highest BCUT2D eigenvalue weighted by Crippen LogP contribution is 2.39. The minimum absolute atomic E-state index is 0.364. The largest absolute Gasteiger partial charge is 0.375 e. The minimum atomic E-state index is 0.364. The second-order valence-electron chi connectivity index (χ2n) is 5.12. The van der Waals surface area contributed by atoms with Crippen LogP contribution in [0.25, 0.3) is 0 Å². The minimum Gasteiger partial charge on any atom is -0.375 e. The predicted molar refractivity (Wildman–Crippen MR) is 64.7 cm³/mol. The molecule has 2 unspecified atom stereocenters. The highest BCUT2D eigenvalue weighted by atomic mass is 16.5. The number of fused-ring (bicyclic) bond motifs is 3. The van der Waals surface area contributed by atoms with E-state index in [1.54, 1.807) is 0 Å². The molecule has 3 rings (SSSR count). The molecule has 1 aliphatic heterocycles. The second-order valence-corrected chi connectivity index (χ2v) is 5.12. The van der Waals surface area contributed by atoms with Gasteiger partial charge in [-0.05, 0) is 22.6 Å². The van der Waals surface area contributed by atoms with Gasteiger partial charge in [-0.15, -0.1) is 0 Å². The molecule has 2 aliphatic rings. The SMILES string of the molecule is CC(C)c1cccc2c1C1NCCOC1C2. The van der Waals surface area contributed by atoms with Crippen LogP contribution in [0.3, 0.4) is 0 Å². The predicted octanol–water partition coefficient (Wildman–Crippen LogP) is 2.40. The lowest BCUT2D eigenvalue weighted by molar-refractivity contribution is 0.00485. The molecule has 2 atom stereocenters. The van der Waals surface area contributed by atoms with Crippen LogP contribution < -0.4 is 5.32 Å². The number of ether oxygens (including phenoxy) is 1. The summed E-state index contributed by atoms with van der Waals surface area (Å²) in [6.07, 6.45) is 1.44. The number of hydrogen-bond donors (Lipinski definition) is 1. The zero-order valence-corrected chi connectivity index (χ0v) is 9.99. The molecule has 0 radical (unpaired) electrons. The maximum absolute atomic E-state index is 5.86. The van der Waals surface area contributed by atoms with E-state index < -0.39 is 0 Å². The maximum Gasteiger partial charge on any atom is 0.0810 e. The molecular formula is C14H19NO. The van der Waals surface area contributed by atoms with Gasteiger partial charge < -0.3 is 10.1 Å². The van der Waals surface area contributed by atoms with Crippen molar-refractivity contribution >= 4 is 0 Å². The summed E-state index contributed by atoms with van der Waals surface area (Å²) in [4.78, 5) is 0. The van der Waals surface area contributed by atoms with Gasteiger partial charge in [-0.1, -0.05) is 32.0 Å². The van der Waals surface area contributed by atoms with Crippen molar-refractivity contribution in [3.63, 3.8) is 0 Å². The molecule has 0 spiro atoms. The van der Waals surface area contributed by atoms with E-state index in [9.17, 15) is 0 Å². The van der Waals surface area contributed by atoms with E-state index in [2.05, 4.69) is 37.4 Å². The lowest BCUT2D eigenvalue weighted by Gasteiger charge is -2.29. The molecule has 0 bridgehead atoms. The van der Waals surface area contributed by atoms with Crippen molar-refractivity contribution in [3.8, 4) is 0 Å². The van der Waals surface area contributed by atoms with Gasteiger partial charge in [0.15, 0.2) is 0 Å². The van der Waals surface area contributed by atoms with Crippen molar-refractivity contribution in [2.45, 2.75) is 38.3 Å².